The molecule has 2 aliphatic rings. The summed E-state index contributed by atoms with van der Waals surface area (Å²) < 4.78 is 7.60. The highest BCUT2D eigenvalue weighted by molar-refractivity contribution is 5.83. The lowest BCUT2D eigenvalue weighted by molar-refractivity contribution is -0.0215. The number of imidazole rings is 1. The molecule has 0 aliphatic carbocycles. The van der Waals surface area contributed by atoms with Gasteiger partial charge in [0.2, 0.25) is 0 Å². The number of aliphatic imine (C=N–C) groups is 1. The molecule has 17 heavy (non-hydrogen) atoms. The number of aromatic nitrogens is 2. The highest BCUT2D eigenvalue weighted by Crippen LogP contribution is 2.34. The molecular weight excluding hydrogens is 220 g/mol. The smallest absolute Gasteiger partial charge is 0.165 e. The molecule has 6 nitrogen and oxygen atoms in total. The number of rotatable bonds is 2. The van der Waals surface area contributed by atoms with Crippen LogP contribution in [0.2, 0.25) is 0 Å². The summed E-state index contributed by atoms with van der Waals surface area (Å²) in [5.74, 6) is 0.761. The van der Waals surface area contributed by atoms with Crippen molar-refractivity contribution in [2.24, 2.45) is 4.99 Å². The van der Waals surface area contributed by atoms with Crippen LogP contribution in [-0.2, 0) is 4.74 Å². The quantitative estimate of drug-likeness (QED) is 0.793. The molecule has 2 N–H and O–H groups in total. The van der Waals surface area contributed by atoms with Crippen molar-refractivity contribution in [1.29, 1.82) is 0 Å². The zero-order chi connectivity index (χ0) is 11.8. The van der Waals surface area contributed by atoms with Crippen LogP contribution in [0.1, 0.15) is 24.8 Å². The number of nitrogens with one attached hydrogen (secondary N) is 1. The summed E-state index contributed by atoms with van der Waals surface area (Å²) in [5.41, 5.74) is 1.49. The van der Waals surface area contributed by atoms with Crippen molar-refractivity contribution < 1.29 is 9.84 Å². The molecule has 1 aromatic heterocycles. The molecule has 0 bridgehead atoms. The standard InChI is InChI=1S/C11H14N4O2/c1-7-10-11(13-5-12-7)15(6-14-10)9-3-2-8(4-16)17-9/h5-6,8-9,16H,1-4H2,(H,12,13). The number of fused-ring (bicyclic) bond motifs is 1. The lowest BCUT2D eigenvalue weighted by atomic mass is 10.2. The fourth-order valence-electron chi connectivity index (χ4n) is 2.17. The van der Waals surface area contributed by atoms with Gasteiger partial charge in [0.05, 0.1) is 31.1 Å². The van der Waals surface area contributed by atoms with Gasteiger partial charge in [0, 0.05) is 0 Å². The Hall–Kier alpha value is -1.66. The largest absolute Gasteiger partial charge is 0.394 e. The number of hydrogen-bond donors (Lipinski definition) is 2. The zero-order valence-electron chi connectivity index (χ0n) is 9.33. The SMILES string of the molecule is C=C1NC=Nc2c1ncn2C1CCC(CO)O1. The van der Waals surface area contributed by atoms with E-state index in [1.165, 1.54) is 0 Å². The molecular formula is C11H14N4O2. The van der Waals surface area contributed by atoms with Gasteiger partial charge in [-0.05, 0) is 12.8 Å². The fraction of sp³-hybridized carbons (Fsp3) is 0.455. The van der Waals surface area contributed by atoms with Gasteiger partial charge < -0.3 is 15.2 Å². The first-order valence-electron chi connectivity index (χ1n) is 5.61. The second-order valence-corrected chi connectivity index (χ2v) is 4.18. The molecule has 0 saturated carbocycles. The van der Waals surface area contributed by atoms with Crippen molar-refractivity contribution in [1.82, 2.24) is 14.9 Å². The average molecular weight is 234 g/mol. The first kappa shape index (κ1) is 10.5. The summed E-state index contributed by atoms with van der Waals surface area (Å²) in [4.78, 5) is 8.54. The predicted molar refractivity (Wildman–Crippen MR) is 62.8 cm³/mol. The minimum Gasteiger partial charge on any atom is -0.394 e. The van der Waals surface area contributed by atoms with E-state index in [4.69, 9.17) is 9.84 Å². The van der Waals surface area contributed by atoms with E-state index in [1.807, 2.05) is 4.57 Å². The molecule has 1 fully saturated rings. The topological polar surface area (TPSA) is 71.7 Å². The highest BCUT2D eigenvalue weighted by Gasteiger charge is 2.29. The Bertz CT molecular complexity index is 480. The predicted octanol–water partition coefficient (Wildman–Crippen LogP) is 0.787. The van der Waals surface area contributed by atoms with Crippen LogP contribution in [0.3, 0.4) is 0 Å². The van der Waals surface area contributed by atoms with Crippen molar-refractivity contribution in [2.45, 2.75) is 25.2 Å². The molecule has 90 valence electrons. The summed E-state index contributed by atoms with van der Waals surface area (Å²) in [6.45, 7) is 3.93. The van der Waals surface area contributed by atoms with E-state index in [0.29, 0.717) is 0 Å². The van der Waals surface area contributed by atoms with Crippen LogP contribution in [0.5, 0.6) is 0 Å². The van der Waals surface area contributed by atoms with Crippen molar-refractivity contribution in [2.75, 3.05) is 6.61 Å². The second kappa shape index (κ2) is 3.97. The summed E-state index contributed by atoms with van der Waals surface area (Å²) in [6, 6.07) is 0. The lowest BCUT2D eigenvalue weighted by Gasteiger charge is -2.16. The third-order valence-corrected chi connectivity index (χ3v) is 3.08. The molecule has 2 atom stereocenters. The van der Waals surface area contributed by atoms with E-state index < -0.39 is 0 Å². The van der Waals surface area contributed by atoms with Gasteiger partial charge >= 0.3 is 0 Å². The summed E-state index contributed by atoms with van der Waals surface area (Å²) >= 11 is 0. The van der Waals surface area contributed by atoms with Gasteiger partial charge in [-0.1, -0.05) is 6.58 Å². The first-order chi connectivity index (χ1) is 8.29. The molecule has 2 aliphatic heterocycles. The molecule has 0 radical (unpaired) electrons. The third-order valence-electron chi connectivity index (χ3n) is 3.08. The second-order valence-electron chi connectivity index (χ2n) is 4.18. The van der Waals surface area contributed by atoms with Crippen LogP contribution in [0.15, 0.2) is 17.9 Å². The van der Waals surface area contributed by atoms with Gasteiger partial charge in [0.1, 0.15) is 11.9 Å². The summed E-state index contributed by atoms with van der Waals surface area (Å²) in [6.07, 6.45) is 4.87. The molecule has 6 heteroatoms. The lowest BCUT2D eigenvalue weighted by Crippen LogP contribution is -2.16. The Labute approximate surface area is 98.6 Å². The Morgan fingerprint density at radius 1 is 1.59 bits per heavy atom. The third kappa shape index (κ3) is 1.65. The number of nitrogens with zero attached hydrogens (tertiary/aromatic N) is 3. The van der Waals surface area contributed by atoms with Crippen molar-refractivity contribution in [3.63, 3.8) is 0 Å². The number of aliphatic hydroxyl groups excluding tert-OH is 1. The number of ether oxygens (including phenoxy) is 1. The number of hydrogen-bond acceptors (Lipinski definition) is 5. The van der Waals surface area contributed by atoms with Crippen LogP contribution in [0.4, 0.5) is 5.82 Å². The Balaban J connectivity index is 1.91. The molecule has 3 rings (SSSR count). The van der Waals surface area contributed by atoms with Crippen LogP contribution < -0.4 is 5.32 Å². The van der Waals surface area contributed by atoms with Crippen LogP contribution in [0, 0.1) is 0 Å². The van der Waals surface area contributed by atoms with Gasteiger partial charge in [0.15, 0.2) is 5.82 Å². The molecule has 0 aromatic carbocycles. The fourth-order valence-corrected chi connectivity index (χ4v) is 2.17. The van der Waals surface area contributed by atoms with Gasteiger partial charge in [-0.3, -0.25) is 4.57 Å². The van der Waals surface area contributed by atoms with Gasteiger partial charge in [-0.2, -0.15) is 0 Å². The van der Waals surface area contributed by atoms with Crippen LogP contribution >= 0.6 is 0 Å². The summed E-state index contributed by atoms with van der Waals surface area (Å²) in [5, 5.41) is 12.0. The van der Waals surface area contributed by atoms with E-state index in [0.717, 1.165) is 30.1 Å². The van der Waals surface area contributed by atoms with Crippen molar-refractivity contribution in [3.8, 4) is 0 Å². The molecule has 2 unspecified atom stereocenters. The maximum absolute atomic E-state index is 9.06. The maximum atomic E-state index is 9.06. The Kier molecular flexibility index (Phi) is 2.45. The van der Waals surface area contributed by atoms with Gasteiger partial charge in [0.25, 0.3) is 0 Å². The Morgan fingerprint density at radius 3 is 3.24 bits per heavy atom. The van der Waals surface area contributed by atoms with Crippen molar-refractivity contribution >= 4 is 17.9 Å². The zero-order valence-corrected chi connectivity index (χ0v) is 9.33. The summed E-state index contributed by atoms with van der Waals surface area (Å²) in [7, 11) is 0. The molecule has 1 saturated heterocycles. The molecule has 3 heterocycles. The molecule has 0 amide bonds. The van der Waals surface area contributed by atoms with E-state index in [2.05, 4.69) is 21.9 Å². The highest BCUT2D eigenvalue weighted by atomic mass is 16.5. The van der Waals surface area contributed by atoms with E-state index in [1.54, 1.807) is 12.7 Å². The van der Waals surface area contributed by atoms with Crippen LogP contribution in [-0.4, -0.2) is 33.7 Å². The molecule has 1 aromatic rings. The monoisotopic (exact) mass is 234 g/mol. The average Bonchev–Trinajstić information content (AvgIpc) is 2.94. The van der Waals surface area contributed by atoms with Gasteiger partial charge in [-0.25, -0.2) is 9.98 Å². The van der Waals surface area contributed by atoms with Crippen molar-refractivity contribution in [3.05, 3.63) is 18.6 Å². The normalized spacial score (nSPS) is 27.0. The minimum absolute atomic E-state index is 0.0604. The molecule has 0 spiro atoms. The number of aliphatic hydroxyl groups is 1. The maximum Gasteiger partial charge on any atom is 0.165 e. The van der Waals surface area contributed by atoms with E-state index >= 15 is 0 Å². The van der Waals surface area contributed by atoms with E-state index in [-0.39, 0.29) is 18.9 Å². The van der Waals surface area contributed by atoms with Gasteiger partial charge in [-0.15, -0.1) is 0 Å². The first-order valence-corrected chi connectivity index (χ1v) is 5.61. The van der Waals surface area contributed by atoms with E-state index in [9.17, 15) is 0 Å². The minimum atomic E-state index is -0.0913. The van der Waals surface area contributed by atoms with Crippen LogP contribution in [0.25, 0.3) is 5.70 Å². The Morgan fingerprint density at radius 2 is 2.47 bits per heavy atom.